The molecule has 0 radical (unpaired) electrons. The van der Waals surface area contributed by atoms with Gasteiger partial charge in [-0.05, 0) is 55.3 Å². The molecule has 2 N–H and O–H groups in total. The van der Waals surface area contributed by atoms with Crippen molar-refractivity contribution in [2.45, 2.75) is 19.8 Å². The fraction of sp³-hybridized carbons (Fsp3) is 0.167. The number of hydrogen-bond donors (Lipinski definition) is 2. The van der Waals surface area contributed by atoms with Gasteiger partial charge in [0.1, 0.15) is 0 Å². The maximum absolute atomic E-state index is 12.6. The number of allylic oxidation sites excluding steroid dienone is 1. The van der Waals surface area contributed by atoms with Crippen LogP contribution in [0.1, 0.15) is 24.1 Å². The molecule has 0 bridgehead atoms. The summed E-state index contributed by atoms with van der Waals surface area (Å²) in [6.07, 6.45) is 5.72. The second-order valence-electron chi connectivity index (χ2n) is 7.33. The van der Waals surface area contributed by atoms with Gasteiger partial charge in [0, 0.05) is 42.8 Å². The van der Waals surface area contributed by atoms with Gasteiger partial charge < -0.3 is 15.6 Å². The molecule has 1 aliphatic heterocycles. The summed E-state index contributed by atoms with van der Waals surface area (Å²) in [7, 11) is 0. The number of para-hydroxylation sites is 1. The molecule has 2 heterocycles. The van der Waals surface area contributed by atoms with E-state index in [1.165, 1.54) is 12.1 Å². The van der Waals surface area contributed by atoms with Crippen molar-refractivity contribution in [2.24, 2.45) is 0 Å². The average molecular weight is 413 g/mol. The van der Waals surface area contributed by atoms with Crippen molar-refractivity contribution in [1.82, 2.24) is 9.78 Å². The van der Waals surface area contributed by atoms with Crippen LogP contribution in [0.15, 0.2) is 71.7 Å². The largest absolute Gasteiger partial charge is 0.354 e. The van der Waals surface area contributed by atoms with Gasteiger partial charge in [-0.15, -0.1) is 0 Å². The molecule has 3 aromatic rings. The number of aryl methyl sites for hydroxylation is 1. The second kappa shape index (κ2) is 8.79. The maximum atomic E-state index is 12.6. The van der Waals surface area contributed by atoms with E-state index in [-0.39, 0.29) is 17.0 Å². The van der Waals surface area contributed by atoms with Gasteiger partial charge in [-0.3, -0.25) is 9.59 Å². The van der Waals surface area contributed by atoms with Gasteiger partial charge in [0.25, 0.3) is 0 Å². The van der Waals surface area contributed by atoms with Crippen molar-refractivity contribution in [3.63, 3.8) is 0 Å². The topological polar surface area (TPSA) is 91.1 Å². The normalized spacial score (nSPS) is 14.0. The Bertz CT molecular complexity index is 1210. The van der Waals surface area contributed by atoms with E-state index in [9.17, 15) is 9.59 Å². The Balaban J connectivity index is 1.70. The minimum atomic E-state index is -0.246. The first-order valence-corrected chi connectivity index (χ1v) is 10.1. The lowest BCUT2D eigenvalue weighted by atomic mass is 10.1. The zero-order valence-corrected chi connectivity index (χ0v) is 17.2. The number of nitrogens with zero attached hydrogens (tertiary/aromatic N) is 3. The Kier molecular flexibility index (Phi) is 5.75. The van der Waals surface area contributed by atoms with Crippen molar-refractivity contribution in [3.05, 3.63) is 88.4 Å². The number of anilines is 2. The third kappa shape index (κ3) is 4.30. The third-order valence-electron chi connectivity index (χ3n) is 5.18. The molecule has 1 fully saturated rings. The van der Waals surface area contributed by atoms with E-state index in [1.807, 2.05) is 55.5 Å². The maximum Gasteiger partial charge on any atom is 0.227 e. The summed E-state index contributed by atoms with van der Waals surface area (Å²) in [6, 6.07) is 16.7. The summed E-state index contributed by atoms with van der Waals surface area (Å²) in [5.74, 6) is 0.143. The van der Waals surface area contributed by atoms with Gasteiger partial charge in [-0.25, -0.2) is 4.68 Å². The molecule has 7 nitrogen and oxygen atoms in total. The van der Waals surface area contributed by atoms with E-state index in [1.54, 1.807) is 15.8 Å². The molecule has 7 heteroatoms. The molecular formula is C24H23N5O2. The zero-order chi connectivity index (χ0) is 21.8. The molecule has 0 saturated carbocycles. The minimum absolute atomic E-state index is 0.143. The molecule has 1 saturated heterocycles. The van der Waals surface area contributed by atoms with Crippen molar-refractivity contribution in [1.29, 1.82) is 5.41 Å². The molecule has 0 unspecified atom stereocenters. The molecule has 156 valence electrons. The fourth-order valence-electron chi connectivity index (χ4n) is 3.65. The van der Waals surface area contributed by atoms with Crippen molar-refractivity contribution in [2.75, 3.05) is 16.8 Å². The highest BCUT2D eigenvalue weighted by Gasteiger charge is 2.22. The molecular weight excluding hydrogens is 390 g/mol. The van der Waals surface area contributed by atoms with E-state index >= 15 is 0 Å². The molecule has 1 amide bonds. The van der Waals surface area contributed by atoms with Gasteiger partial charge >= 0.3 is 0 Å². The highest BCUT2D eigenvalue weighted by Crippen LogP contribution is 2.25. The number of benzene rings is 2. The summed E-state index contributed by atoms with van der Waals surface area (Å²) >= 11 is 0. The first-order valence-electron chi connectivity index (χ1n) is 10.1. The molecule has 0 spiro atoms. The summed E-state index contributed by atoms with van der Waals surface area (Å²) in [5.41, 5.74) is 3.83. The number of nitrogens with one attached hydrogen (secondary N) is 2. The first-order chi connectivity index (χ1) is 15.1. The van der Waals surface area contributed by atoms with Crippen LogP contribution in [0.3, 0.4) is 0 Å². The number of rotatable bonds is 6. The summed E-state index contributed by atoms with van der Waals surface area (Å²) in [4.78, 5) is 26.4. The highest BCUT2D eigenvalue weighted by molar-refractivity contribution is 5.95. The van der Waals surface area contributed by atoms with Crippen molar-refractivity contribution in [3.8, 4) is 5.69 Å². The Morgan fingerprint density at radius 1 is 1.13 bits per heavy atom. The summed E-state index contributed by atoms with van der Waals surface area (Å²) in [6.45, 7) is 2.69. The van der Waals surface area contributed by atoms with E-state index < -0.39 is 0 Å². The second-order valence-corrected chi connectivity index (χ2v) is 7.33. The SMILES string of the molecule is Cc1cc(N2CCCC2=O)ccc1-n1ccc(=O)c(/C(=C/C=N)Nc2ccccc2)n1. The van der Waals surface area contributed by atoms with Gasteiger partial charge in [0.15, 0.2) is 5.69 Å². The number of amides is 1. The van der Waals surface area contributed by atoms with Crippen LogP contribution >= 0.6 is 0 Å². The predicted octanol–water partition coefficient (Wildman–Crippen LogP) is 3.77. The average Bonchev–Trinajstić information content (AvgIpc) is 3.20. The summed E-state index contributed by atoms with van der Waals surface area (Å²) < 4.78 is 1.64. The molecule has 31 heavy (non-hydrogen) atoms. The number of aromatic nitrogens is 2. The van der Waals surface area contributed by atoms with Crippen LogP contribution in [0.2, 0.25) is 0 Å². The quantitative estimate of drug-likeness (QED) is 0.602. The van der Waals surface area contributed by atoms with E-state index in [0.29, 0.717) is 12.1 Å². The van der Waals surface area contributed by atoms with Crippen molar-refractivity contribution < 1.29 is 4.79 Å². The molecule has 1 aliphatic rings. The Hall–Kier alpha value is -4.00. The molecule has 4 rings (SSSR count). The highest BCUT2D eigenvalue weighted by atomic mass is 16.2. The van der Waals surface area contributed by atoms with E-state index in [0.717, 1.165) is 41.8 Å². The zero-order valence-electron chi connectivity index (χ0n) is 17.2. The minimum Gasteiger partial charge on any atom is -0.354 e. The van der Waals surface area contributed by atoms with Gasteiger partial charge in [0.2, 0.25) is 11.3 Å². The fourth-order valence-corrected chi connectivity index (χ4v) is 3.65. The van der Waals surface area contributed by atoms with Crippen LogP contribution in [-0.2, 0) is 4.79 Å². The molecule has 1 aromatic heterocycles. The first kappa shape index (κ1) is 20.3. The lowest BCUT2D eigenvalue weighted by Crippen LogP contribution is -2.24. The number of hydrogen-bond acceptors (Lipinski definition) is 5. The lowest BCUT2D eigenvalue weighted by Gasteiger charge is -2.18. The van der Waals surface area contributed by atoms with Gasteiger partial charge in [0.05, 0.1) is 11.4 Å². The number of carbonyl (C=O) groups excluding carboxylic acids is 1. The van der Waals surface area contributed by atoms with Crippen LogP contribution < -0.4 is 15.6 Å². The monoisotopic (exact) mass is 413 g/mol. The van der Waals surface area contributed by atoms with Crippen molar-refractivity contribution >= 4 is 29.2 Å². The molecule has 2 aromatic carbocycles. The predicted molar refractivity (Wildman–Crippen MR) is 123 cm³/mol. The van der Waals surface area contributed by atoms with E-state index in [2.05, 4.69) is 10.4 Å². The third-order valence-corrected chi connectivity index (χ3v) is 5.18. The van der Waals surface area contributed by atoms with Crippen LogP contribution in [0.4, 0.5) is 11.4 Å². The summed E-state index contributed by atoms with van der Waals surface area (Å²) in [5, 5.41) is 15.2. The van der Waals surface area contributed by atoms with Gasteiger partial charge in [-0.1, -0.05) is 18.2 Å². The lowest BCUT2D eigenvalue weighted by molar-refractivity contribution is -0.117. The van der Waals surface area contributed by atoms with Crippen LogP contribution in [0.25, 0.3) is 11.4 Å². The molecule has 0 atom stereocenters. The smallest absolute Gasteiger partial charge is 0.227 e. The Morgan fingerprint density at radius 2 is 1.94 bits per heavy atom. The standard InChI is InChI=1S/C24H23N5O2/c1-17-16-19(28-14-5-8-23(28)31)9-10-21(17)29-15-12-22(30)24(27-29)20(11-13-25)26-18-6-3-2-4-7-18/h2-4,6-7,9-13,15-16,25-26H,5,8,14H2,1H3/b20-11-,25-13?. The van der Waals surface area contributed by atoms with Crippen LogP contribution in [0, 0.1) is 12.3 Å². The Labute approximate surface area is 180 Å². The van der Waals surface area contributed by atoms with Gasteiger partial charge in [-0.2, -0.15) is 5.10 Å². The van der Waals surface area contributed by atoms with Crippen LogP contribution in [0.5, 0.6) is 0 Å². The molecule has 0 aliphatic carbocycles. The van der Waals surface area contributed by atoms with E-state index in [4.69, 9.17) is 5.41 Å². The number of carbonyl (C=O) groups is 1. The van der Waals surface area contributed by atoms with Crippen LogP contribution in [-0.4, -0.2) is 28.4 Å². The Morgan fingerprint density at radius 3 is 2.61 bits per heavy atom.